The van der Waals surface area contributed by atoms with E-state index in [9.17, 15) is 4.57 Å². The minimum atomic E-state index is -3.38. The van der Waals surface area contributed by atoms with E-state index in [4.69, 9.17) is 19.1 Å². The normalized spacial score (nSPS) is 14.8. The van der Waals surface area contributed by atoms with Crippen LogP contribution in [0.3, 0.4) is 0 Å². The Morgan fingerprint density at radius 3 is 1.74 bits per heavy atom. The second-order valence-electron chi connectivity index (χ2n) is 4.66. The molecule has 0 bridgehead atoms. The maximum atomic E-state index is 10.8. The molecule has 19 heavy (non-hydrogen) atoms. The lowest BCUT2D eigenvalue weighted by molar-refractivity contribution is 0.00742. The Morgan fingerprint density at radius 1 is 0.895 bits per heavy atom. The van der Waals surface area contributed by atoms with Crippen LogP contribution in [0.5, 0.6) is 0 Å². The molecule has 0 heterocycles. The van der Waals surface area contributed by atoms with E-state index in [1.807, 2.05) is 0 Å². The first kappa shape index (κ1) is 19.0. The summed E-state index contributed by atoms with van der Waals surface area (Å²) in [6.07, 6.45) is 1.06. The van der Waals surface area contributed by atoms with E-state index in [0.29, 0.717) is 32.3 Å². The van der Waals surface area contributed by atoms with Gasteiger partial charge in [-0.3, -0.25) is 4.57 Å². The monoisotopic (exact) mass is 298 g/mol. The summed E-state index contributed by atoms with van der Waals surface area (Å²) in [5.74, 6) is 0.661. The molecule has 0 aromatic heterocycles. The summed E-state index contributed by atoms with van der Waals surface area (Å²) in [6.45, 7) is 8.71. The van der Waals surface area contributed by atoms with E-state index in [0.717, 1.165) is 19.7 Å². The molecule has 0 aromatic carbocycles. The van der Waals surface area contributed by atoms with Crippen LogP contribution in [0.25, 0.3) is 0 Å². The van der Waals surface area contributed by atoms with Gasteiger partial charge in [0.2, 0.25) is 0 Å². The molecule has 116 valence electrons. The van der Waals surface area contributed by atoms with Crippen molar-refractivity contribution in [3.63, 3.8) is 0 Å². The molecule has 0 fully saturated rings. The van der Waals surface area contributed by atoms with Crippen molar-refractivity contribution in [3.8, 4) is 0 Å². The number of hydrogen-bond acceptors (Lipinski definition) is 5. The maximum Gasteiger partial charge on any atom is 0.325 e. The second-order valence-corrected chi connectivity index (χ2v) is 6.52. The molecule has 6 nitrogen and oxygen atoms in total. The van der Waals surface area contributed by atoms with Crippen LogP contribution < -0.4 is 0 Å². The average Bonchev–Trinajstić information content (AvgIpc) is 2.28. The molecule has 0 spiro atoms. The molecule has 1 unspecified atom stereocenters. The fourth-order valence-electron chi connectivity index (χ4n) is 1.13. The summed E-state index contributed by atoms with van der Waals surface area (Å²) in [7, 11) is -3.38. The van der Waals surface area contributed by atoms with E-state index in [1.54, 1.807) is 0 Å². The van der Waals surface area contributed by atoms with Crippen molar-refractivity contribution >= 4 is 7.60 Å². The Morgan fingerprint density at radius 2 is 1.32 bits per heavy atom. The van der Waals surface area contributed by atoms with Gasteiger partial charge in [-0.25, -0.2) is 0 Å². The molecular formula is C12H27O6P. The van der Waals surface area contributed by atoms with Gasteiger partial charge in [0.25, 0.3) is 0 Å². The molecule has 0 aliphatic heterocycles. The van der Waals surface area contributed by atoms with Gasteiger partial charge in [-0.1, -0.05) is 13.8 Å². The fraction of sp³-hybridized carbons (Fsp3) is 1.00. The molecule has 1 atom stereocenters. The average molecular weight is 298 g/mol. The zero-order valence-electron chi connectivity index (χ0n) is 12.2. The van der Waals surface area contributed by atoms with Gasteiger partial charge in [0.1, 0.15) is 0 Å². The van der Waals surface area contributed by atoms with Crippen LogP contribution in [0.2, 0.25) is 0 Å². The van der Waals surface area contributed by atoms with Crippen LogP contribution in [-0.2, 0) is 23.3 Å². The highest BCUT2D eigenvalue weighted by Gasteiger charge is 2.08. The SMILES string of the molecule is CC(C)CCOCCOCCOCCOP(C)(=O)O. The quantitative estimate of drug-likeness (QED) is 0.413. The summed E-state index contributed by atoms with van der Waals surface area (Å²) in [6, 6.07) is 0. The highest BCUT2D eigenvalue weighted by molar-refractivity contribution is 7.51. The van der Waals surface area contributed by atoms with Gasteiger partial charge in [-0.15, -0.1) is 0 Å². The van der Waals surface area contributed by atoms with Gasteiger partial charge in [0.05, 0.1) is 39.6 Å². The van der Waals surface area contributed by atoms with Crippen LogP contribution in [-0.4, -0.2) is 57.8 Å². The Labute approximate surface area is 115 Å². The summed E-state index contributed by atoms with van der Waals surface area (Å²) in [5.41, 5.74) is 0. The van der Waals surface area contributed by atoms with E-state index in [1.165, 1.54) is 0 Å². The summed E-state index contributed by atoms with van der Waals surface area (Å²) in [4.78, 5) is 8.83. The van der Waals surface area contributed by atoms with Gasteiger partial charge >= 0.3 is 7.60 Å². The van der Waals surface area contributed by atoms with Crippen molar-refractivity contribution < 1.29 is 28.2 Å². The Kier molecular flexibility index (Phi) is 11.8. The van der Waals surface area contributed by atoms with Crippen LogP contribution >= 0.6 is 7.60 Å². The number of ether oxygens (including phenoxy) is 3. The zero-order chi connectivity index (χ0) is 14.6. The molecular weight excluding hydrogens is 271 g/mol. The molecule has 7 heteroatoms. The van der Waals surface area contributed by atoms with Gasteiger partial charge in [0, 0.05) is 13.3 Å². The van der Waals surface area contributed by atoms with Gasteiger partial charge in [-0.05, 0) is 12.3 Å². The van der Waals surface area contributed by atoms with E-state index >= 15 is 0 Å². The third-order valence-corrected chi connectivity index (χ3v) is 2.80. The topological polar surface area (TPSA) is 74.2 Å². The molecule has 0 saturated heterocycles. The summed E-state index contributed by atoms with van der Waals surface area (Å²) in [5, 5.41) is 0. The number of hydrogen-bond donors (Lipinski definition) is 1. The lowest BCUT2D eigenvalue weighted by Crippen LogP contribution is -2.12. The summed E-state index contributed by atoms with van der Waals surface area (Å²) < 4.78 is 31.2. The highest BCUT2D eigenvalue weighted by atomic mass is 31.2. The van der Waals surface area contributed by atoms with Gasteiger partial charge < -0.3 is 23.6 Å². The first-order chi connectivity index (χ1) is 8.92. The molecule has 0 aromatic rings. The first-order valence-corrected chi connectivity index (χ1v) is 8.62. The minimum Gasteiger partial charge on any atom is -0.379 e. The predicted molar refractivity (Wildman–Crippen MR) is 73.6 cm³/mol. The van der Waals surface area contributed by atoms with Crippen molar-refractivity contribution in [3.05, 3.63) is 0 Å². The van der Waals surface area contributed by atoms with Crippen molar-refractivity contribution in [2.75, 3.05) is 52.9 Å². The van der Waals surface area contributed by atoms with Crippen molar-refractivity contribution in [2.45, 2.75) is 20.3 Å². The van der Waals surface area contributed by atoms with Crippen LogP contribution in [0, 0.1) is 5.92 Å². The third-order valence-electron chi connectivity index (χ3n) is 2.14. The molecule has 0 rings (SSSR count). The summed E-state index contributed by atoms with van der Waals surface area (Å²) >= 11 is 0. The molecule has 0 amide bonds. The lowest BCUT2D eigenvalue weighted by atomic mass is 10.1. The molecule has 1 N–H and O–H groups in total. The first-order valence-electron chi connectivity index (χ1n) is 6.60. The minimum absolute atomic E-state index is 0.114. The Balaban J connectivity index is 3.05. The predicted octanol–water partition coefficient (Wildman–Crippen LogP) is 1.91. The molecule has 0 radical (unpaired) electrons. The number of rotatable bonds is 13. The highest BCUT2D eigenvalue weighted by Crippen LogP contribution is 2.35. The van der Waals surface area contributed by atoms with E-state index in [2.05, 4.69) is 18.4 Å². The standard InChI is InChI=1S/C12H27O6P/c1-12(2)4-5-15-6-7-16-8-9-17-10-11-18-19(3,13)14/h12H,4-11H2,1-3H3,(H,13,14). The van der Waals surface area contributed by atoms with Crippen molar-refractivity contribution in [1.29, 1.82) is 0 Å². The maximum absolute atomic E-state index is 10.8. The van der Waals surface area contributed by atoms with Gasteiger partial charge in [-0.2, -0.15) is 0 Å². The Bertz CT molecular complexity index is 240. The van der Waals surface area contributed by atoms with Crippen molar-refractivity contribution in [1.82, 2.24) is 0 Å². The third kappa shape index (κ3) is 18.0. The van der Waals surface area contributed by atoms with Gasteiger partial charge in [0.15, 0.2) is 0 Å². The lowest BCUT2D eigenvalue weighted by Gasteiger charge is -2.09. The smallest absolute Gasteiger partial charge is 0.325 e. The molecule has 0 aliphatic carbocycles. The zero-order valence-corrected chi connectivity index (χ0v) is 13.1. The van der Waals surface area contributed by atoms with E-state index in [-0.39, 0.29) is 13.2 Å². The Hall–Kier alpha value is 0.0300. The molecule has 0 aliphatic rings. The second kappa shape index (κ2) is 11.8. The fourth-order valence-corrected chi connectivity index (χ4v) is 1.54. The van der Waals surface area contributed by atoms with Crippen LogP contribution in [0.15, 0.2) is 0 Å². The van der Waals surface area contributed by atoms with Crippen molar-refractivity contribution in [2.24, 2.45) is 5.92 Å². The van der Waals surface area contributed by atoms with E-state index < -0.39 is 7.60 Å². The molecule has 0 saturated carbocycles. The van der Waals surface area contributed by atoms with Crippen LogP contribution in [0.4, 0.5) is 0 Å². The van der Waals surface area contributed by atoms with Crippen LogP contribution in [0.1, 0.15) is 20.3 Å². The largest absolute Gasteiger partial charge is 0.379 e.